The third-order valence-corrected chi connectivity index (χ3v) is 4.71. The van der Waals surface area contributed by atoms with Gasteiger partial charge in [0.15, 0.2) is 0 Å². The lowest BCUT2D eigenvalue weighted by molar-refractivity contribution is 0.189. The maximum Gasteiger partial charge on any atom is 0.0210 e. The van der Waals surface area contributed by atoms with Gasteiger partial charge in [0, 0.05) is 37.8 Å². The van der Waals surface area contributed by atoms with Crippen LogP contribution in [0.25, 0.3) is 0 Å². The number of rotatable bonds is 4. The Bertz CT molecular complexity index is 252. The molecule has 3 rings (SSSR count). The van der Waals surface area contributed by atoms with Crippen LogP contribution in [0.2, 0.25) is 0 Å². The molecule has 2 unspecified atom stereocenters. The van der Waals surface area contributed by atoms with Crippen molar-refractivity contribution in [3.8, 4) is 0 Å². The van der Waals surface area contributed by atoms with Gasteiger partial charge >= 0.3 is 0 Å². The quantitative estimate of drug-likeness (QED) is 0.795. The van der Waals surface area contributed by atoms with Gasteiger partial charge in [-0.15, -0.1) is 0 Å². The highest BCUT2D eigenvalue weighted by atomic mass is 15.2. The SMILES string of the molecule is CCN1CCCC(NC2CCN(C3CC3)C2)C1. The fourth-order valence-electron chi connectivity index (χ4n) is 3.51. The van der Waals surface area contributed by atoms with Crippen molar-refractivity contribution in [2.75, 3.05) is 32.7 Å². The summed E-state index contributed by atoms with van der Waals surface area (Å²) < 4.78 is 0. The van der Waals surface area contributed by atoms with Crippen LogP contribution in [0.1, 0.15) is 39.0 Å². The lowest BCUT2D eigenvalue weighted by Crippen LogP contribution is -2.49. The van der Waals surface area contributed by atoms with Gasteiger partial charge in [0.05, 0.1) is 0 Å². The molecule has 17 heavy (non-hydrogen) atoms. The van der Waals surface area contributed by atoms with E-state index in [9.17, 15) is 0 Å². The Morgan fingerprint density at radius 3 is 2.59 bits per heavy atom. The Morgan fingerprint density at radius 1 is 1.00 bits per heavy atom. The molecular weight excluding hydrogens is 210 g/mol. The van der Waals surface area contributed by atoms with Crippen LogP contribution >= 0.6 is 0 Å². The molecule has 1 saturated carbocycles. The molecule has 1 aliphatic carbocycles. The number of nitrogens with one attached hydrogen (secondary N) is 1. The van der Waals surface area contributed by atoms with Crippen molar-refractivity contribution in [2.45, 2.75) is 57.2 Å². The van der Waals surface area contributed by atoms with Crippen molar-refractivity contribution in [2.24, 2.45) is 0 Å². The molecule has 0 aromatic heterocycles. The fraction of sp³-hybridized carbons (Fsp3) is 1.00. The predicted octanol–water partition coefficient (Wildman–Crippen LogP) is 1.30. The van der Waals surface area contributed by atoms with E-state index in [2.05, 4.69) is 22.0 Å². The number of likely N-dealkylation sites (N-methyl/N-ethyl adjacent to an activating group) is 1. The predicted molar refractivity (Wildman–Crippen MR) is 71.3 cm³/mol. The minimum absolute atomic E-state index is 0.757. The van der Waals surface area contributed by atoms with Gasteiger partial charge < -0.3 is 10.2 Å². The number of nitrogens with zero attached hydrogens (tertiary/aromatic N) is 2. The summed E-state index contributed by atoms with van der Waals surface area (Å²) in [6, 6.07) is 2.49. The summed E-state index contributed by atoms with van der Waals surface area (Å²) in [6.07, 6.45) is 7.06. The minimum Gasteiger partial charge on any atom is -0.309 e. The lowest BCUT2D eigenvalue weighted by Gasteiger charge is -2.34. The highest BCUT2D eigenvalue weighted by Crippen LogP contribution is 2.30. The second-order valence-corrected chi connectivity index (χ2v) is 6.11. The average molecular weight is 237 g/mol. The summed E-state index contributed by atoms with van der Waals surface area (Å²) in [5.41, 5.74) is 0. The van der Waals surface area contributed by atoms with Gasteiger partial charge in [-0.05, 0) is 45.2 Å². The van der Waals surface area contributed by atoms with Gasteiger partial charge in [0.25, 0.3) is 0 Å². The Labute approximate surface area is 106 Å². The van der Waals surface area contributed by atoms with E-state index in [4.69, 9.17) is 0 Å². The summed E-state index contributed by atoms with van der Waals surface area (Å²) in [4.78, 5) is 5.30. The van der Waals surface area contributed by atoms with Crippen molar-refractivity contribution in [1.29, 1.82) is 0 Å². The topological polar surface area (TPSA) is 18.5 Å². The molecule has 0 radical (unpaired) electrons. The van der Waals surface area contributed by atoms with Crippen molar-refractivity contribution in [3.05, 3.63) is 0 Å². The molecule has 1 N–H and O–H groups in total. The number of piperidine rings is 1. The van der Waals surface area contributed by atoms with E-state index in [1.165, 1.54) is 64.8 Å². The smallest absolute Gasteiger partial charge is 0.0210 e. The highest BCUT2D eigenvalue weighted by Gasteiger charge is 2.35. The van der Waals surface area contributed by atoms with Crippen LogP contribution in [0.4, 0.5) is 0 Å². The molecule has 98 valence electrons. The van der Waals surface area contributed by atoms with Crippen LogP contribution in [0, 0.1) is 0 Å². The van der Waals surface area contributed by atoms with Crippen LogP contribution < -0.4 is 5.32 Å². The fourth-order valence-corrected chi connectivity index (χ4v) is 3.51. The van der Waals surface area contributed by atoms with E-state index in [0.29, 0.717) is 0 Å². The first kappa shape index (κ1) is 11.9. The average Bonchev–Trinajstić information content (AvgIpc) is 3.11. The molecule has 3 fully saturated rings. The maximum absolute atomic E-state index is 3.91. The van der Waals surface area contributed by atoms with Crippen LogP contribution in [-0.2, 0) is 0 Å². The van der Waals surface area contributed by atoms with Crippen molar-refractivity contribution >= 4 is 0 Å². The number of hydrogen-bond donors (Lipinski definition) is 1. The van der Waals surface area contributed by atoms with E-state index in [-0.39, 0.29) is 0 Å². The van der Waals surface area contributed by atoms with Gasteiger partial charge in [-0.25, -0.2) is 0 Å². The molecule has 0 amide bonds. The molecule has 2 aliphatic heterocycles. The monoisotopic (exact) mass is 237 g/mol. The first-order valence-corrected chi connectivity index (χ1v) is 7.57. The van der Waals surface area contributed by atoms with Crippen molar-refractivity contribution in [3.63, 3.8) is 0 Å². The van der Waals surface area contributed by atoms with E-state index < -0.39 is 0 Å². The van der Waals surface area contributed by atoms with Crippen molar-refractivity contribution in [1.82, 2.24) is 15.1 Å². The standard InChI is InChI=1S/C14H27N3/c1-2-16-8-3-4-12(10-16)15-13-7-9-17(11-13)14-5-6-14/h12-15H,2-11H2,1H3. The second-order valence-electron chi connectivity index (χ2n) is 6.11. The summed E-state index contributed by atoms with van der Waals surface area (Å²) in [5.74, 6) is 0. The molecule has 0 aromatic rings. The molecule has 0 aromatic carbocycles. The van der Waals surface area contributed by atoms with Crippen LogP contribution in [0.5, 0.6) is 0 Å². The zero-order valence-electron chi connectivity index (χ0n) is 11.2. The van der Waals surface area contributed by atoms with Gasteiger partial charge in [-0.1, -0.05) is 6.92 Å². The lowest BCUT2D eigenvalue weighted by atomic mass is 10.0. The molecular formula is C14H27N3. The first-order chi connectivity index (χ1) is 8.35. The molecule has 0 bridgehead atoms. The van der Waals surface area contributed by atoms with Gasteiger partial charge in [0.2, 0.25) is 0 Å². The molecule has 3 aliphatic rings. The normalized spacial score (nSPS) is 36.5. The zero-order chi connectivity index (χ0) is 11.7. The molecule has 3 heteroatoms. The Morgan fingerprint density at radius 2 is 1.82 bits per heavy atom. The van der Waals surface area contributed by atoms with Crippen LogP contribution in [0.15, 0.2) is 0 Å². The third-order valence-electron chi connectivity index (χ3n) is 4.71. The van der Waals surface area contributed by atoms with E-state index in [1.54, 1.807) is 0 Å². The highest BCUT2D eigenvalue weighted by molar-refractivity contribution is 4.93. The second kappa shape index (κ2) is 5.25. The van der Waals surface area contributed by atoms with E-state index in [0.717, 1.165) is 18.1 Å². The maximum atomic E-state index is 3.91. The Kier molecular flexibility index (Phi) is 3.69. The molecule has 2 atom stereocenters. The third kappa shape index (κ3) is 3.01. The number of likely N-dealkylation sites (tertiary alicyclic amines) is 2. The van der Waals surface area contributed by atoms with Gasteiger partial charge in [-0.2, -0.15) is 0 Å². The number of hydrogen-bond acceptors (Lipinski definition) is 3. The van der Waals surface area contributed by atoms with Gasteiger partial charge in [0.1, 0.15) is 0 Å². The zero-order valence-corrected chi connectivity index (χ0v) is 11.2. The first-order valence-electron chi connectivity index (χ1n) is 7.57. The Hall–Kier alpha value is -0.120. The molecule has 0 spiro atoms. The largest absolute Gasteiger partial charge is 0.309 e. The summed E-state index contributed by atoms with van der Waals surface area (Å²) in [5, 5.41) is 3.91. The van der Waals surface area contributed by atoms with Crippen molar-refractivity contribution < 1.29 is 0 Å². The molecule has 3 nitrogen and oxygen atoms in total. The van der Waals surface area contributed by atoms with Crippen LogP contribution in [0.3, 0.4) is 0 Å². The minimum atomic E-state index is 0.757. The van der Waals surface area contributed by atoms with E-state index in [1.807, 2.05) is 0 Å². The molecule has 2 saturated heterocycles. The van der Waals surface area contributed by atoms with Gasteiger partial charge in [-0.3, -0.25) is 4.90 Å². The van der Waals surface area contributed by atoms with E-state index >= 15 is 0 Å². The summed E-state index contributed by atoms with van der Waals surface area (Å²) in [7, 11) is 0. The summed E-state index contributed by atoms with van der Waals surface area (Å²) >= 11 is 0. The molecule has 2 heterocycles. The summed E-state index contributed by atoms with van der Waals surface area (Å²) in [6.45, 7) is 8.74. The van der Waals surface area contributed by atoms with Crippen LogP contribution in [-0.4, -0.2) is 60.6 Å². The Balaban J connectivity index is 1.43.